The molecule has 0 spiro atoms. The number of H-pyrrole nitrogens is 1. The highest BCUT2D eigenvalue weighted by atomic mass is 35.5. The summed E-state index contributed by atoms with van der Waals surface area (Å²) in [5.74, 6) is 0.888. The lowest BCUT2D eigenvalue weighted by Gasteiger charge is -1.98. The van der Waals surface area contributed by atoms with Crippen molar-refractivity contribution in [3.8, 4) is 11.4 Å². The number of hydrogen-bond donors (Lipinski definition) is 1. The van der Waals surface area contributed by atoms with Gasteiger partial charge in [0.25, 0.3) is 0 Å². The fourth-order valence-electron chi connectivity index (χ4n) is 2.17. The van der Waals surface area contributed by atoms with E-state index in [9.17, 15) is 0 Å². The first-order valence-electron chi connectivity index (χ1n) is 6.42. The molecule has 0 aliphatic carbocycles. The van der Waals surface area contributed by atoms with Gasteiger partial charge in [0.05, 0.1) is 11.0 Å². The molecule has 0 saturated carbocycles. The first kappa shape index (κ1) is 12.2. The summed E-state index contributed by atoms with van der Waals surface area (Å²) in [4.78, 5) is 7.95. The molecule has 1 heterocycles. The van der Waals surface area contributed by atoms with E-state index in [4.69, 9.17) is 11.6 Å². The van der Waals surface area contributed by atoms with Gasteiger partial charge >= 0.3 is 0 Å². The molecule has 0 amide bonds. The summed E-state index contributed by atoms with van der Waals surface area (Å²) in [6.45, 7) is 4.15. The SMILES string of the molecule is CCc1ccc(-c2nc3cc(Cl)c(C)cc3[nH]2)cc1. The molecule has 19 heavy (non-hydrogen) atoms. The normalized spacial score (nSPS) is 11.1. The van der Waals surface area contributed by atoms with Crippen LogP contribution in [-0.2, 0) is 6.42 Å². The minimum atomic E-state index is 0.756. The van der Waals surface area contributed by atoms with Gasteiger partial charge in [-0.1, -0.05) is 42.8 Å². The van der Waals surface area contributed by atoms with Crippen LogP contribution in [-0.4, -0.2) is 9.97 Å². The predicted octanol–water partition coefficient (Wildman–Crippen LogP) is 4.75. The second-order valence-corrected chi connectivity index (χ2v) is 5.16. The number of halogens is 1. The van der Waals surface area contributed by atoms with Crippen molar-refractivity contribution in [3.63, 3.8) is 0 Å². The number of benzene rings is 2. The Balaban J connectivity index is 2.09. The van der Waals surface area contributed by atoms with E-state index in [2.05, 4.69) is 41.2 Å². The maximum atomic E-state index is 6.13. The van der Waals surface area contributed by atoms with Crippen LogP contribution in [0.1, 0.15) is 18.1 Å². The molecule has 1 aromatic heterocycles. The van der Waals surface area contributed by atoms with Crippen molar-refractivity contribution in [1.82, 2.24) is 9.97 Å². The molecule has 0 aliphatic rings. The number of aromatic nitrogens is 2. The number of hydrogen-bond acceptors (Lipinski definition) is 1. The molecule has 0 aliphatic heterocycles. The molecule has 0 bridgehead atoms. The van der Waals surface area contributed by atoms with E-state index in [1.807, 2.05) is 19.1 Å². The van der Waals surface area contributed by atoms with Crippen LogP contribution < -0.4 is 0 Å². The third-order valence-electron chi connectivity index (χ3n) is 3.40. The monoisotopic (exact) mass is 270 g/mol. The number of fused-ring (bicyclic) bond motifs is 1. The Kier molecular flexibility index (Phi) is 3.03. The average Bonchev–Trinajstić information content (AvgIpc) is 2.82. The van der Waals surface area contributed by atoms with Crippen LogP contribution >= 0.6 is 11.6 Å². The molecule has 0 atom stereocenters. The fraction of sp³-hybridized carbons (Fsp3) is 0.188. The Hall–Kier alpha value is -1.80. The van der Waals surface area contributed by atoms with Crippen LogP contribution in [0.25, 0.3) is 22.4 Å². The van der Waals surface area contributed by atoms with E-state index in [0.717, 1.165) is 39.4 Å². The Bertz CT molecular complexity index is 687. The zero-order chi connectivity index (χ0) is 13.4. The van der Waals surface area contributed by atoms with Gasteiger partial charge in [-0.3, -0.25) is 0 Å². The lowest BCUT2D eigenvalue weighted by atomic mass is 10.1. The van der Waals surface area contributed by atoms with E-state index < -0.39 is 0 Å². The summed E-state index contributed by atoms with van der Waals surface area (Å²) < 4.78 is 0. The van der Waals surface area contributed by atoms with Crippen LogP contribution in [0.5, 0.6) is 0 Å². The van der Waals surface area contributed by atoms with Gasteiger partial charge < -0.3 is 4.98 Å². The van der Waals surface area contributed by atoms with Crippen LogP contribution in [0.4, 0.5) is 0 Å². The molecule has 96 valence electrons. The maximum absolute atomic E-state index is 6.13. The smallest absolute Gasteiger partial charge is 0.138 e. The molecule has 2 aromatic carbocycles. The molecule has 3 heteroatoms. The zero-order valence-electron chi connectivity index (χ0n) is 11.0. The fourth-order valence-corrected chi connectivity index (χ4v) is 2.33. The van der Waals surface area contributed by atoms with Crippen molar-refractivity contribution in [2.45, 2.75) is 20.3 Å². The van der Waals surface area contributed by atoms with Crippen molar-refractivity contribution in [1.29, 1.82) is 0 Å². The molecule has 0 radical (unpaired) electrons. The van der Waals surface area contributed by atoms with Gasteiger partial charge in [0.15, 0.2) is 0 Å². The van der Waals surface area contributed by atoms with Crippen molar-refractivity contribution in [2.24, 2.45) is 0 Å². The number of aryl methyl sites for hydroxylation is 2. The predicted molar refractivity (Wildman–Crippen MR) is 80.7 cm³/mol. The van der Waals surface area contributed by atoms with Crippen molar-refractivity contribution >= 4 is 22.6 Å². The van der Waals surface area contributed by atoms with Gasteiger partial charge in [-0.2, -0.15) is 0 Å². The highest BCUT2D eigenvalue weighted by Crippen LogP contribution is 2.25. The summed E-state index contributed by atoms with van der Waals surface area (Å²) in [5.41, 5.74) is 5.42. The summed E-state index contributed by atoms with van der Waals surface area (Å²) in [5, 5.41) is 0.756. The van der Waals surface area contributed by atoms with E-state index in [0.29, 0.717) is 0 Å². The van der Waals surface area contributed by atoms with E-state index in [-0.39, 0.29) is 0 Å². The number of nitrogens with one attached hydrogen (secondary N) is 1. The maximum Gasteiger partial charge on any atom is 0.138 e. The Morgan fingerprint density at radius 2 is 1.89 bits per heavy atom. The van der Waals surface area contributed by atoms with Gasteiger partial charge in [-0.05, 0) is 36.6 Å². The van der Waals surface area contributed by atoms with Gasteiger partial charge in [-0.25, -0.2) is 4.98 Å². The molecule has 0 unspecified atom stereocenters. The average molecular weight is 271 g/mol. The van der Waals surface area contributed by atoms with Gasteiger partial charge in [-0.15, -0.1) is 0 Å². The minimum Gasteiger partial charge on any atom is -0.338 e. The third-order valence-corrected chi connectivity index (χ3v) is 3.81. The van der Waals surface area contributed by atoms with Gasteiger partial charge in [0.1, 0.15) is 5.82 Å². The number of imidazole rings is 1. The Morgan fingerprint density at radius 1 is 1.16 bits per heavy atom. The standard InChI is InChI=1S/C16H15ClN2/c1-3-11-4-6-12(7-5-11)16-18-14-8-10(2)13(17)9-15(14)19-16/h4-9H,3H2,1-2H3,(H,18,19). The lowest BCUT2D eigenvalue weighted by molar-refractivity contribution is 1.14. The highest BCUT2D eigenvalue weighted by molar-refractivity contribution is 6.32. The second-order valence-electron chi connectivity index (χ2n) is 4.75. The minimum absolute atomic E-state index is 0.756. The Labute approximate surface area is 117 Å². The topological polar surface area (TPSA) is 28.7 Å². The van der Waals surface area contributed by atoms with E-state index in [1.54, 1.807) is 0 Å². The molecule has 2 nitrogen and oxygen atoms in total. The van der Waals surface area contributed by atoms with Crippen molar-refractivity contribution in [3.05, 3.63) is 52.5 Å². The van der Waals surface area contributed by atoms with Crippen LogP contribution in [0.3, 0.4) is 0 Å². The number of rotatable bonds is 2. The van der Waals surface area contributed by atoms with E-state index >= 15 is 0 Å². The highest BCUT2D eigenvalue weighted by Gasteiger charge is 2.07. The number of nitrogens with zero attached hydrogens (tertiary/aromatic N) is 1. The summed E-state index contributed by atoms with van der Waals surface area (Å²) in [6.07, 6.45) is 1.05. The quantitative estimate of drug-likeness (QED) is 0.715. The van der Waals surface area contributed by atoms with Crippen molar-refractivity contribution < 1.29 is 0 Å². The number of aromatic amines is 1. The summed E-state index contributed by atoms with van der Waals surface area (Å²) in [7, 11) is 0. The van der Waals surface area contributed by atoms with Crippen LogP contribution in [0, 0.1) is 6.92 Å². The van der Waals surface area contributed by atoms with Gasteiger partial charge in [0.2, 0.25) is 0 Å². The summed E-state index contributed by atoms with van der Waals surface area (Å²) >= 11 is 6.13. The third kappa shape index (κ3) is 2.24. The van der Waals surface area contributed by atoms with Gasteiger partial charge in [0, 0.05) is 10.6 Å². The summed E-state index contributed by atoms with van der Waals surface area (Å²) in [6, 6.07) is 12.4. The van der Waals surface area contributed by atoms with E-state index in [1.165, 1.54) is 5.56 Å². The Morgan fingerprint density at radius 3 is 2.58 bits per heavy atom. The first-order valence-corrected chi connectivity index (χ1v) is 6.80. The molecular formula is C16H15ClN2. The molecule has 3 aromatic rings. The van der Waals surface area contributed by atoms with Crippen LogP contribution in [0.15, 0.2) is 36.4 Å². The molecular weight excluding hydrogens is 256 g/mol. The van der Waals surface area contributed by atoms with Crippen molar-refractivity contribution in [2.75, 3.05) is 0 Å². The molecule has 0 saturated heterocycles. The molecule has 0 fully saturated rings. The largest absolute Gasteiger partial charge is 0.338 e. The lowest BCUT2D eigenvalue weighted by Crippen LogP contribution is -1.82. The molecule has 3 rings (SSSR count). The molecule has 1 N–H and O–H groups in total. The van der Waals surface area contributed by atoms with Crippen LogP contribution in [0.2, 0.25) is 5.02 Å². The first-order chi connectivity index (χ1) is 9.17. The second kappa shape index (κ2) is 4.71. The zero-order valence-corrected chi connectivity index (χ0v) is 11.8.